The van der Waals surface area contributed by atoms with Crippen LogP contribution in [0.15, 0.2) is 0 Å². The molecule has 4 bridgehead atoms. The number of amides is 3. The van der Waals surface area contributed by atoms with E-state index in [4.69, 9.17) is 10.5 Å². The van der Waals surface area contributed by atoms with Gasteiger partial charge in [0.1, 0.15) is 0 Å². The highest BCUT2D eigenvalue weighted by atomic mass is 16.5. The molecular weight excluding hydrogens is 334 g/mol. The largest absolute Gasteiger partial charge is 0.456 e. The zero-order chi connectivity index (χ0) is 18.6. The highest BCUT2D eigenvalue weighted by Crippen LogP contribution is 2.55. The van der Waals surface area contributed by atoms with E-state index < -0.39 is 6.03 Å². The molecule has 146 valence electrons. The first kappa shape index (κ1) is 19.0. The van der Waals surface area contributed by atoms with Crippen LogP contribution in [0.2, 0.25) is 0 Å². The van der Waals surface area contributed by atoms with Crippen molar-refractivity contribution in [1.82, 2.24) is 10.6 Å². The number of carbonyl (C=O) groups excluding carboxylic acids is 3. The molecule has 0 aromatic heterocycles. The molecule has 4 rings (SSSR count). The molecule has 4 N–H and O–H groups in total. The van der Waals surface area contributed by atoms with Crippen LogP contribution in [0.4, 0.5) is 4.79 Å². The van der Waals surface area contributed by atoms with Gasteiger partial charge in [-0.2, -0.15) is 0 Å². The van der Waals surface area contributed by atoms with E-state index >= 15 is 0 Å². The molecule has 0 aromatic rings. The summed E-state index contributed by atoms with van der Waals surface area (Å²) in [6.45, 7) is 0.335. The maximum Gasteiger partial charge on any atom is 0.312 e. The second-order valence-electron chi connectivity index (χ2n) is 8.51. The summed E-state index contributed by atoms with van der Waals surface area (Å²) < 4.78 is 5.12. The van der Waals surface area contributed by atoms with Gasteiger partial charge in [-0.15, -0.1) is 0 Å². The van der Waals surface area contributed by atoms with Crippen LogP contribution in [-0.2, 0) is 14.3 Å². The summed E-state index contributed by atoms with van der Waals surface area (Å²) in [4.78, 5) is 34.5. The summed E-state index contributed by atoms with van der Waals surface area (Å²) >= 11 is 0. The number of esters is 1. The minimum Gasteiger partial charge on any atom is -0.456 e. The Labute approximate surface area is 154 Å². The maximum atomic E-state index is 12.3. The van der Waals surface area contributed by atoms with E-state index in [1.807, 2.05) is 0 Å². The summed E-state index contributed by atoms with van der Waals surface area (Å²) in [5.74, 6) is 1.81. The first-order valence-electron chi connectivity index (χ1n) is 9.94. The summed E-state index contributed by atoms with van der Waals surface area (Å²) in [5.41, 5.74) is 4.93. The normalized spacial score (nSPS) is 31.5. The molecule has 4 aliphatic carbocycles. The van der Waals surface area contributed by atoms with Crippen molar-refractivity contribution in [3.05, 3.63) is 0 Å². The van der Waals surface area contributed by atoms with Crippen molar-refractivity contribution in [1.29, 1.82) is 0 Å². The summed E-state index contributed by atoms with van der Waals surface area (Å²) in [6, 6.07) is -0.533. The first-order chi connectivity index (χ1) is 12.4. The van der Waals surface area contributed by atoms with Crippen molar-refractivity contribution in [2.24, 2.45) is 23.5 Å². The molecule has 0 unspecified atom stereocenters. The van der Waals surface area contributed by atoms with Gasteiger partial charge in [0, 0.05) is 18.5 Å². The minimum absolute atomic E-state index is 0.0360. The molecule has 4 fully saturated rings. The Bertz CT molecular complexity index is 514. The fraction of sp³-hybridized carbons (Fsp3) is 0.842. The quantitative estimate of drug-likeness (QED) is 0.428. The Morgan fingerprint density at radius 2 is 1.58 bits per heavy atom. The number of unbranched alkanes of at least 4 members (excludes halogenated alkanes) is 2. The van der Waals surface area contributed by atoms with E-state index in [9.17, 15) is 14.4 Å². The van der Waals surface area contributed by atoms with Gasteiger partial charge in [0.05, 0.1) is 0 Å². The summed E-state index contributed by atoms with van der Waals surface area (Å²) in [5, 5.41) is 5.71. The third-order valence-corrected chi connectivity index (χ3v) is 6.16. The van der Waals surface area contributed by atoms with E-state index in [2.05, 4.69) is 10.6 Å². The monoisotopic (exact) mass is 365 g/mol. The number of primary amides is 1. The molecule has 0 heterocycles. The smallest absolute Gasteiger partial charge is 0.312 e. The predicted molar refractivity (Wildman–Crippen MR) is 96.1 cm³/mol. The molecule has 7 heteroatoms. The van der Waals surface area contributed by atoms with Crippen molar-refractivity contribution in [3.63, 3.8) is 0 Å². The minimum atomic E-state index is -0.533. The molecule has 7 nitrogen and oxygen atoms in total. The van der Waals surface area contributed by atoms with Crippen LogP contribution in [-0.4, -0.2) is 36.6 Å². The third-order valence-electron chi connectivity index (χ3n) is 6.16. The topological polar surface area (TPSA) is 111 Å². The molecule has 26 heavy (non-hydrogen) atoms. The van der Waals surface area contributed by atoms with Crippen LogP contribution < -0.4 is 16.4 Å². The van der Waals surface area contributed by atoms with Crippen molar-refractivity contribution in [3.8, 4) is 0 Å². The number of ether oxygens (including phenoxy) is 1. The Morgan fingerprint density at radius 1 is 0.962 bits per heavy atom. The average molecular weight is 365 g/mol. The maximum absolute atomic E-state index is 12.3. The Kier molecular flexibility index (Phi) is 6.04. The van der Waals surface area contributed by atoms with Crippen LogP contribution in [0.1, 0.15) is 64.2 Å². The zero-order valence-electron chi connectivity index (χ0n) is 15.4. The number of urea groups is 1. The highest BCUT2D eigenvalue weighted by molar-refractivity contribution is 5.81. The van der Waals surface area contributed by atoms with Gasteiger partial charge >= 0.3 is 12.0 Å². The van der Waals surface area contributed by atoms with E-state index in [0.717, 1.165) is 49.9 Å². The lowest BCUT2D eigenvalue weighted by molar-refractivity contribution is -0.150. The fourth-order valence-electron chi connectivity index (χ4n) is 5.60. The first-order valence-corrected chi connectivity index (χ1v) is 9.94. The number of carbonyl (C=O) groups is 3. The van der Waals surface area contributed by atoms with E-state index in [1.165, 1.54) is 19.3 Å². The lowest BCUT2D eigenvalue weighted by Gasteiger charge is -2.56. The summed E-state index contributed by atoms with van der Waals surface area (Å²) in [7, 11) is 0. The lowest BCUT2D eigenvalue weighted by Crippen LogP contribution is -2.60. The van der Waals surface area contributed by atoms with Crippen molar-refractivity contribution >= 4 is 17.9 Å². The van der Waals surface area contributed by atoms with Crippen LogP contribution >= 0.6 is 0 Å². The molecule has 0 atom stereocenters. The molecule has 0 saturated heterocycles. The van der Waals surface area contributed by atoms with E-state index in [1.54, 1.807) is 0 Å². The number of nitrogens with one attached hydrogen (secondary N) is 2. The van der Waals surface area contributed by atoms with Crippen molar-refractivity contribution in [2.45, 2.75) is 69.7 Å². The van der Waals surface area contributed by atoms with Gasteiger partial charge in [-0.05, 0) is 69.1 Å². The number of nitrogens with two attached hydrogens (primary N) is 1. The van der Waals surface area contributed by atoms with Gasteiger partial charge in [0.2, 0.25) is 0 Å². The second-order valence-corrected chi connectivity index (χ2v) is 8.51. The van der Waals surface area contributed by atoms with Crippen molar-refractivity contribution in [2.75, 3.05) is 13.2 Å². The highest BCUT2D eigenvalue weighted by Gasteiger charge is 2.51. The summed E-state index contributed by atoms with van der Waals surface area (Å²) in [6.07, 6.45) is 9.82. The Hall–Kier alpha value is -1.79. The SMILES string of the molecule is NC(=O)NCCCCCC(=O)OCC(=O)NC12CC3CC(CC(C3)C1)C2. The van der Waals surface area contributed by atoms with Crippen molar-refractivity contribution < 1.29 is 19.1 Å². The van der Waals surface area contributed by atoms with Gasteiger partial charge in [0.15, 0.2) is 6.61 Å². The Morgan fingerprint density at radius 3 is 2.15 bits per heavy atom. The molecule has 4 saturated carbocycles. The van der Waals surface area contributed by atoms with Gasteiger partial charge in [0.25, 0.3) is 5.91 Å². The molecule has 0 radical (unpaired) electrons. The third kappa shape index (κ3) is 5.11. The molecule has 0 spiro atoms. The van der Waals surface area contributed by atoms with Gasteiger partial charge in [-0.25, -0.2) is 4.79 Å². The molecular formula is C19H31N3O4. The molecule has 4 aliphatic rings. The lowest BCUT2D eigenvalue weighted by atomic mass is 9.53. The second kappa shape index (κ2) is 8.27. The Balaban J connectivity index is 1.29. The van der Waals surface area contributed by atoms with Gasteiger partial charge in [-0.3, -0.25) is 9.59 Å². The van der Waals surface area contributed by atoms with Gasteiger partial charge < -0.3 is 21.1 Å². The zero-order valence-corrected chi connectivity index (χ0v) is 15.4. The van der Waals surface area contributed by atoms with E-state index in [-0.39, 0.29) is 24.0 Å². The molecule has 0 aromatic carbocycles. The van der Waals surface area contributed by atoms with Crippen LogP contribution in [0.3, 0.4) is 0 Å². The van der Waals surface area contributed by atoms with E-state index in [0.29, 0.717) is 19.4 Å². The van der Waals surface area contributed by atoms with Crippen LogP contribution in [0.5, 0.6) is 0 Å². The van der Waals surface area contributed by atoms with Crippen LogP contribution in [0, 0.1) is 17.8 Å². The average Bonchev–Trinajstić information content (AvgIpc) is 2.54. The standard InChI is InChI=1S/C19H31N3O4/c20-18(25)21-5-3-1-2-4-17(24)26-12-16(23)22-19-9-13-6-14(10-19)8-15(7-13)11-19/h13-15H,1-12H2,(H,22,23)(H3,20,21,25). The fourth-order valence-corrected chi connectivity index (χ4v) is 5.60. The molecule has 0 aliphatic heterocycles. The number of hydrogen-bond donors (Lipinski definition) is 3. The number of rotatable bonds is 9. The predicted octanol–water partition coefficient (Wildman–Crippen LogP) is 1.84. The van der Waals surface area contributed by atoms with Gasteiger partial charge in [-0.1, -0.05) is 6.42 Å². The number of hydrogen-bond acceptors (Lipinski definition) is 4. The molecule has 3 amide bonds. The van der Waals surface area contributed by atoms with Crippen LogP contribution in [0.25, 0.3) is 0 Å².